The number of benzene rings is 1. The fraction of sp³-hybridized carbons (Fsp3) is 0.417. The molecule has 1 atom stereocenters. The third kappa shape index (κ3) is 4.03. The van der Waals surface area contributed by atoms with Gasteiger partial charge in [-0.05, 0) is 37.1 Å². The summed E-state index contributed by atoms with van der Waals surface area (Å²) in [6.45, 7) is 2.10. The van der Waals surface area contributed by atoms with E-state index >= 15 is 0 Å². The van der Waals surface area contributed by atoms with E-state index < -0.39 is 17.9 Å². The van der Waals surface area contributed by atoms with E-state index in [-0.39, 0.29) is 5.75 Å². The topological polar surface area (TPSA) is 72.5 Å². The van der Waals surface area contributed by atoms with E-state index in [9.17, 15) is 9.18 Å². The predicted octanol–water partition coefficient (Wildman–Crippen LogP) is 1.57. The molecule has 1 unspecified atom stereocenters. The summed E-state index contributed by atoms with van der Waals surface area (Å²) in [5, 5.41) is 8.84. The molecule has 0 aliphatic heterocycles. The van der Waals surface area contributed by atoms with Gasteiger partial charge in [-0.15, -0.1) is 0 Å². The lowest BCUT2D eigenvalue weighted by molar-refractivity contribution is -0.145. The Balaban J connectivity index is 2.86. The maximum atomic E-state index is 13.2. The molecular weight excluding hydrogens is 225 g/mol. The lowest BCUT2D eigenvalue weighted by Crippen LogP contribution is -2.26. The molecule has 1 aromatic carbocycles. The van der Waals surface area contributed by atoms with Crippen LogP contribution in [0.5, 0.6) is 5.75 Å². The van der Waals surface area contributed by atoms with Gasteiger partial charge in [-0.2, -0.15) is 0 Å². The summed E-state index contributed by atoms with van der Waals surface area (Å²) >= 11 is 0. The molecule has 94 valence electrons. The number of rotatable bonds is 6. The fourth-order valence-electron chi connectivity index (χ4n) is 1.47. The van der Waals surface area contributed by atoms with Crippen molar-refractivity contribution in [2.75, 3.05) is 6.54 Å². The highest BCUT2D eigenvalue weighted by Gasteiger charge is 2.17. The highest BCUT2D eigenvalue weighted by molar-refractivity contribution is 5.72. The van der Waals surface area contributed by atoms with E-state index in [4.69, 9.17) is 15.6 Å². The zero-order valence-electron chi connectivity index (χ0n) is 9.65. The van der Waals surface area contributed by atoms with Gasteiger partial charge in [0.15, 0.2) is 6.10 Å². The first-order chi connectivity index (χ1) is 8.06. The van der Waals surface area contributed by atoms with Crippen LogP contribution in [-0.2, 0) is 11.2 Å². The van der Waals surface area contributed by atoms with Gasteiger partial charge < -0.3 is 15.6 Å². The summed E-state index contributed by atoms with van der Waals surface area (Å²) < 4.78 is 18.5. The second-order valence-corrected chi connectivity index (χ2v) is 3.69. The maximum absolute atomic E-state index is 13.2. The van der Waals surface area contributed by atoms with Gasteiger partial charge in [0.05, 0.1) is 0 Å². The van der Waals surface area contributed by atoms with Crippen LogP contribution < -0.4 is 10.5 Å². The van der Waals surface area contributed by atoms with Gasteiger partial charge in [-0.3, -0.25) is 0 Å². The molecule has 0 aromatic heterocycles. The first kappa shape index (κ1) is 13.4. The molecule has 17 heavy (non-hydrogen) atoms. The van der Waals surface area contributed by atoms with Crippen molar-refractivity contribution in [2.45, 2.75) is 25.9 Å². The number of halogens is 1. The van der Waals surface area contributed by atoms with E-state index in [2.05, 4.69) is 0 Å². The molecule has 4 nitrogen and oxygen atoms in total. The van der Waals surface area contributed by atoms with Gasteiger partial charge in [0.2, 0.25) is 0 Å². The Hall–Kier alpha value is -1.62. The lowest BCUT2D eigenvalue weighted by atomic mass is 10.1. The van der Waals surface area contributed by atoms with Crippen LogP contribution in [0.15, 0.2) is 18.2 Å². The summed E-state index contributed by atoms with van der Waals surface area (Å²) in [4.78, 5) is 10.8. The van der Waals surface area contributed by atoms with E-state index in [0.29, 0.717) is 24.9 Å². The number of carboxylic acid groups (broad SMARTS) is 1. The third-order valence-electron chi connectivity index (χ3n) is 2.29. The van der Waals surface area contributed by atoms with Gasteiger partial charge in [0, 0.05) is 6.07 Å². The Bertz CT molecular complexity index is 395. The van der Waals surface area contributed by atoms with Crippen molar-refractivity contribution in [2.24, 2.45) is 5.73 Å². The first-order valence-corrected chi connectivity index (χ1v) is 5.45. The molecule has 0 saturated heterocycles. The molecule has 0 bridgehead atoms. The van der Waals surface area contributed by atoms with Crippen molar-refractivity contribution in [1.29, 1.82) is 0 Å². The zero-order valence-corrected chi connectivity index (χ0v) is 9.65. The van der Waals surface area contributed by atoms with Crippen molar-refractivity contribution >= 4 is 5.97 Å². The van der Waals surface area contributed by atoms with E-state index in [1.54, 1.807) is 13.0 Å². The van der Waals surface area contributed by atoms with Crippen LogP contribution in [0.4, 0.5) is 4.39 Å². The van der Waals surface area contributed by atoms with Crippen molar-refractivity contribution in [3.8, 4) is 5.75 Å². The van der Waals surface area contributed by atoms with Crippen LogP contribution in [0.1, 0.15) is 18.9 Å². The molecule has 1 aromatic rings. The standard InChI is InChI=1S/C12H16FNO3/c1-2-11(12(15)16)17-10-6-8(3-4-14)5-9(13)7-10/h5-7,11H,2-4,14H2,1H3,(H,15,16). The number of hydrogen-bond acceptors (Lipinski definition) is 3. The van der Waals surface area contributed by atoms with Crippen LogP contribution >= 0.6 is 0 Å². The largest absolute Gasteiger partial charge is 0.479 e. The molecule has 1 rings (SSSR count). The van der Waals surface area contributed by atoms with Gasteiger partial charge in [0.25, 0.3) is 0 Å². The Morgan fingerprint density at radius 3 is 2.76 bits per heavy atom. The summed E-state index contributed by atoms with van der Waals surface area (Å²) in [5.41, 5.74) is 6.08. The summed E-state index contributed by atoms with van der Waals surface area (Å²) in [6, 6.07) is 4.15. The van der Waals surface area contributed by atoms with E-state index in [1.807, 2.05) is 0 Å². The fourth-order valence-corrected chi connectivity index (χ4v) is 1.47. The number of carboxylic acids is 1. The summed E-state index contributed by atoms with van der Waals surface area (Å²) in [7, 11) is 0. The zero-order chi connectivity index (χ0) is 12.8. The molecule has 0 fully saturated rings. The van der Waals surface area contributed by atoms with Crippen molar-refractivity contribution < 1.29 is 19.0 Å². The van der Waals surface area contributed by atoms with Crippen molar-refractivity contribution in [3.63, 3.8) is 0 Å². The van der Waals surface area contributed by atoms with Crippen LogP contribution in [0, 0.1) is 5.82 Å². The third-order valence-corrected chi connectivity index (χ3v) is 2.29. The summed E-state index contributed by atoms with van der Waals surface area (Å²) in [6.07, 6.45) is -0.113. The van der Waals surface area contributed by atoms with Gasteiger partial charge in [0.1, 0.15) is 11.6 Å². The van der Waals surface area contributed by atoms with Crippen molar-refractivity contribution in [3.05, 3.63) is 29.6 Å². The highest BCUT2D eigenvalue weighted by atomic mass is 19.1. The summed E-state index contributed by atoms with van der Waals surface area (Å²) in [5.74, 6) is -1.29. The molecule has 0 saturated carbocycles. The normalized spacial score (nSPS) is 12.2. The van der Waals surface area contributed by atoms with Crippen LogP contribution in [0.2, 0.25) is 0 Å². The molecule has 0 radical (unpaired) electrons. The number of aliphatic carboxylic acids is 1. The number of ether oxygens (including phenoxy) is 1. The molecule has 0 heterocycles. The van der Waals surface area contributed by atoms with Crippen LogP contribution in [0.3, 0.4) is 0 Å². The first-order valence-electron chi connectivity index (χ1n) is 5.45. The molecule has 0 aliphatic carbocycles. The monoisotopic (exact) mass is 241 g/mol. The maximum Gasteiger partial charge on any atom is 0.344 e. The Morgan fingerprint density at radius 2 is 2.24 bits per heavy atom. The molecular formula is C12H16FNO3. The van der Waals surface area contributed by atoms with E-state index in [0.717, 1.165) is 0 Å². The number of nitrogens with two attached hydrogens (primary N) is 1. The quantitative estimate of drug-likeness (QED) is 0.793. The minimum atomic E-state index is -1.06. The molecule has 3 N–H and O–H groups in total. The average Bonchev–Trinajstić information content (AvgIpc) is 2.25. The Labute approximate surface area is 99.2 Å². The van der Waals surface area contributed by atoms with Gasteiger partial charge >= 0.3 is 5.97 Å². The molecule has 5 heteroatoms. The molecule has 0 spiro atoms. The Morgan fingerprint density at radius 1 is 1.53 bits per heavy atom. The second-order valence-electron chi connectivity index (χ2n) is 3.69. The van der Waals surface area contributed by atoms with Crippen LogP contribution in [0.25, 0.3) is 0 Å². The SMILES string of the molecule is CCC(Oc1cc(F)cc(CCN)c1)C(=O)O. The molecule has 0 aliphatic rings. The average molecular weight is 241 g/mol. The van der Waals surface area contributed by atoms with Crippen molar-refractivity contribution in [1.82, 2.24) is 0 Å². The number of hydrogen-bond donors (Lipinski definition) is 2. The predicted molar refractivity (Wildman–Crippen MR) is 61.5 cm³/mol. The van der Waals surface area contributed by atoms with Gasteiger partial charge in [-0.25, -0.2) is 9.18 Å². The minimum absolute atomic E-state index is 0.225. The van der Waals surface area contributed by atoms with Gasteiger partial charge in [-0.1, -0.05) is 6.92 Å². The minimum Gasteiger partial charge on any atom is -0.479 e. The number of carbonyl (C=O) groups is 1. The lowest BCUT2D eigenvalue weighted by Gasteiger charge is -2.14. The Kier molecular flexibility index (Phi) is 4.90. The highest BCUT2D eigenvalue weighted by Crippen LogP contribution is 2.19. The molecule has 0 amide bonds. The van der Waals surface area contributed by atoms with Crippen LogP contribution in [-0.4, -0.2) is 23.7 Å². The van der Waals surface area contributed by atoms with E-state index in [1.165, 1.54) is 12.1 Å². The second kappa shape index (κ2) is 6.20. The smallest absolute Gasteiger partial charge is 0.344 e.